The van der Waals surface area contributed by atoms with Crippen LogP contribution in [0.4, 0.5) is 0 Å². The zero-order valence-electron chi connectivity index (χ0n) is 15.6. The average Bonchev–Trinajstić information content (AvgIpc) is 3.12. The van der Waals surface area contributed by atoms with Crippen molar-refractivity contribution in [3.63, 3.8) is 0 Å². The fourth-order valence-corrected chi connectivity index (χ4v) is 3.23. The lowest BCUT2D eigenvalue weighted by Gasteiger charge is -2.06. The number of benzene rings is 1. The zero-order chi connectivity index (χ0) is 19.5. The smallest absolute Gasteiger partial charge is 0.356 e. The summed E-state index contributed by atoms with van der Waals surface area (Å²) >= 11 is 0. The number of fused-ring (bicyclic) bond motifs is 1. The summed E-state index contributed by atoms with van der Waals surface area (Å²) in [4.78, 5) is 16.3. The minimum absolute atomic E-state index is 0.287. The molecule has 4 rings (SSSR count). The molecule has 0 spiro atoms. The van der Waals surface area contributed by atoms with E-state index in [-0.39, 0.29) is 5.69 Å². The maximum Gasteiger partial charge on any atom is 0.356 e. The predicted octanol–water partition coefficient (Wildman–Crippen LogP) is 3.78. The Labute approximate surface area is 162 Å². The number of carbonyl (C=O) groups excluding carboxylic acids is 1. The highest BCUT2D eigenvalue weighted by atomic mass is 16.5. The molecule has 0 fully saturated rings. The van der Waals surface area contributed by atoms with Crippen molar-refractivity contribution in [2.24, 2.45) is 0 Å². The number of methoxy groups -OCH3 is 2. The molecule has 4 aromatic rings. The molecule has 3 aromatic heterocycles. The second kappa shape index (κ2) is 7.52. The van der Waals surface area contributed by atoms with Crippen molar-refractivity contribution < 1.29 is 14.3 Å². The van der Waals surface area contributed by atoms with E-state index in [1.165, 1.54) is 7.11 Å². The van der Waals surface area contributed by atoms with Crippen LogP contribution in [0.2, 0.25) is 0 Å². The largest absolute Gasteiger partial charge is 0.481 e. The lowest BCUT2D eigenvalue weighted by Crippen LogP contribution is -2.06. The van der Waals surface area contributed by atoms with Crippen molar-refractivity contribution in [2.75, 3.05) is 14.2 Å². The van der Waals surface area contributed by atoms with Gasteiger partial charge in [0.1, 0.15) is 5.69 Å². The number of esters is 1. The predicted molar refractivity (Wildman–Crippen MR) is 106 cm³/mol. The van der Waals surface area contributed by atoms with Gasteiger partial charge in [-0.2, -0.15) is 5.10 Å². The first kappa shape index (κ1) is 17.7. The van der Waals surface area contributed by atoms with Crippen LogP contribution in [0.5, 0.6) is 5.88 Å². The van der Waals surface area contributed by atoms with E-state index >= 15 is 0 Å². The van der Waals surface area contributed by atoms with Crippen molar-refractivity contribution in [1.29, 1.82) is 0 Å². The lowest BCUT2D eigenvalue weighted by molar-refractivity contribution is 0.0593. The third-order valence-electron chi connectivity index (χ3n) is 4.54. The number of hydrogen-bond acceptors (Lipinski definition) is 5. The molecule has 0 aliphatic heterocycles. The Kier molecular flexibility index (Phi) is 4.76. The van der Waals surface area contributed by atoms with Crippen LogP contribution >= 0.6 is 0 Å². The van der Waals surface area contributed by atoms with E-state index in [9.17, 15) is 4.79 Å². The molecule has 0 aliphatic carbocycles. The molecule has 0 unspecified atom stereocenters. The molecule has 0 bridgehead atoms. The van der Waals surface area contributed by atoms with E-state index in [1.54, 1.807) is 17.7 Å². The molecule has 6 nitrogen and oxygen atoms in total. The molecule has 0 aliphatic rings. The van der Waals surface area contributed by atoms with E-state index in [2.05, 4.69) is 4.98 Å². The van der Waals surface area contributed by atoms with Gasteiger partial charge in [-0.25, -0.2) is 14.3 Å². The van der Waals surface area contributed by atoms with Crippen molar-refractivity contribution in [3.8, 4) is 17.1 Å². The highest BCUT2D eigenvalue weighted by Gasteiger charge is 2.18. The number of rotatable bonds is 5. The van der Waals surface area contributed by atoms with Crippen molar-refractivity contribution in [1.82, 2.24) is 14.6 Å². The van der Waals surface area contributed by atoms with Crippen LogP contribution in [0.3, 0.4) is 0 Å². The fraction of sp³-hybridized carbons (Fsp3) is 0.136. The summed E-state index contributed by atoms with van der Waals surface area (Å²) in [6.45, 7) is 0. The van der Waals surface area contributed by atoms with Crippen LogP contribution in [0.1, 0.15) is 21.7 Å². The van der Waals surface area contributed by atoms with E-state index in [0.717, 1.165) is 28.0 Å². The number of pyridine rings is 2. The molecule has 0 radical (unpaired) electrons. The molecule has 0 N–H and O–H groups in total. The first-order valence-corrected chi connectivity index (χ1v) is 8.85. The van der Waals surface area contributed by atoms with E-state index < -0.39 is 5.97 Å². The van der Waals surface area contributed by atoms with E-state index in [1.807, 2.05) is 60.7 Å². The monoisotopic (exact) mass is 373 g/mol. The summed E-state index contributed by atoms with van der Waals surface area (Å²) in [5.41, 5.74) is 4.86. The fourth-order valence-electron chi connectivity index (χ4n) is 3.23. The minimum Gasteiger partial charge on any atom is -0.481 e. The summed E-state index contributed by atoms with van der Waals surface area (Å²) in [7, 11) is 2.97. The third kappa shape index (κ3) is 3.20. The van der Waals surface area contributed by atoms with Gasteiger partial charge >= 0.3 is 5.97 Å². The van der Waals surface area contributed by atoms with E-state index in [4.69, 9.17) is 14.6 Å². The molecule has 6 heteroatoms. The zero-order valence-corrected chi connectivity index (χ0v) is 15.6. The summed E-state index contributed by atoms with van der Waals surface area (Å²) < 4.78 is 12.0. The van der Waals surface area contributed by atoms with Gasteiger partial charge in [0.15, 0.2) is 0 Å². The Morgan fingerprint density at radius 3 is 2.50 bits per heavy atom. The normalized spacial score (nSPS) is 10.8. The molecule has 0 saturated carbocycles. The van der Waals surface area contributed by atoms with Crippen LogP contribution in [-0.2, 0) is 11.2 Å². The van der Waals surface area contributed by atoms with Gasteiger partial charge in [-0.3, -0.25) is 0 Å². The summed E-state index contributed by atoms with van der Waals surface area (Å²) in [5.74, 6) is 0.198. The Balaban J connectivity index is 1.87. The van der Waals surface area contributed by atoms with Gasteiger partial charge in [0.05, 0.1) is 25.4 Å². The summed E-state index contributed by atoms with van der Waals surface area (Å²) in [6.07, 6.45) is 0.520. The quantitative estimate of drug-likeness (QED) is 0.498. The number of hydrogen-bond donors (Lipinski definition) is 0. The Morgan fingerprint density at radius 2 is 1.75 bits per heavy atom. The van der Waals surface area contributed by atoms with Crippen molar-refractivity contribution in [3.05, 3.63) is 83.7 Å². The Bertz CT molecular complexity index is 1140. The van der Waals surface area contributed by atoms with Gasteiger partial charge < -0.3 is 9.47 Å². The maximum atomic E-state index is 11.8. The van der Waals surface area contributed by atoms with Gasteiger partial charge in [0.2, 0.25) is 5.88 Å². The molecule has 1 aromatic carbocycles. The first-order chi connectivity index (χ1) is 13.7. The Hall–Kier alpha value is -3.67. The van der Waals surface area contributed by atoms with Crippen molar-refractivity contribution in [2.45, 2.75) is 6.42 Å². The standard InChI is InChI=1S/C22H19N3O3/c1-27-20-13-7-12-19-17(14-16-10-6-11-18(23-16)22(26)28-2)21(24-25(19)20)15-8-4-3-5-9-15/h3-13H,14H2,1-2H3. The molecular formula is C22H19N3O3. The molecular weight excluding hydrogens is 354 g/mol. The average molecular weight is 373 g/mol. The van der Waals surface area contributed by atoms with Crippen LogP contribution in [0.15, 0.2) is 66.7 Å². The summed E-state index contributed by atoms with van der Waals surface area (Å²) in [6, 6.07) is 21.1. The highest BCUT2D eigenvalue weighted by molar-refractivity contribution is 5.87. The first-order valence-electron chi connectivity index (χ1n) is 8.85. The molecule has 0 saturated heterocycles. The molecule has 0 amide bonds. The van der Waals surface area contributed by atoms with E-state index in [0.29, 0.717) is 12.3 Å². The second-order valence-electron chi connectivity index (χ2n) is 6.24. The highest BCUT2D eigenvalue weighted by Crippen LogP contribution is 2.30. The Morgan fingerprint density at radius 1 is 0.964 bits per heavy atom. The summed E-state index contributed by atoms with van der Waals surface area (Å²) in [5, 5.41) is 4.80. The van der Waals surface area contributed by atoms with Gasteiger partial charge in [-0.05, 0) is 18.2 Å². The number of ether oxygens (including phenoxy) is 2. The van der Waals surface area contributed by atoms with Gasteiger partial charge in [-0.15, -0.1) is 0 Å². The lowest BCUT2D eigenvalue weighted by atomic mass is 10.0. The number of carbonyl (C=O) groups is 1. The SMILES string of the molecule is COC(=O)c1cccc(Cc2c(-c3ccccc3)nn3c(OC)cccc23)n1. The maximum absolute atomic E-state index is 11.8. The molecule has 3 heterocycles. The minimum atomic E-state index is -0.452. The van der Waals surface area contributed by atoms with Gasteiger partial charge in [-0.1, -0.05) is 42.5 Å². The number of aromatic nitrogens is 3. The van der Waals surface area contributed by atoms with Crippen LogP contribution in [0.25, 0.3) is 16.8 Å². The molecule has 140 valence electrons. The molecule has 28 heavy (non-hydrogen) atoms. The topological polar surface area (TPSA) is 65.7 Å². The molecule has 0 atom stereocenters. The van der Waals surface area contributed by atoms with Crippen LogP contribution in [-0.4, -0.2) is 34.8 Å². The third-order valence-corrected chi connectivity index (χ3v) is 4.54. The van der Waals surface area contributed by atoms with Gasteiger partial charge in [0, 0.05) is 29.3 Å². The second-order valence-corrected chi connectivity index (χ2v) is 6.24. The van der Waals surface area contributed by atoms with Crippen LogP contribution < -0.4 is 4.74 Å². The number of nitrogens with zero attached hydrogens (tertiary/aromatic N) is 3. The van der Waals surface area contributed by atoms with Gasteiger partial charge in [0.25, 0.3) is 0 Å². The van der Waals surface area contributed by atoms with Crippen LogP contribution in [0, 0.1) is 0 Å². The van der Waals surface area contributed by atoms with Crippen molar-refractivity contribution >= 4 is 11.5 Å².